The summed E-state index contributed by atoms with van der Waals surface area (Å²) in [4.78, 5) is 29.0. The second kappa shape index (κ2) is 7.71. The minimum atomic E-state index is -4.51. The van der Waals surface area contributed by atoms with Gasteiger partial charge in [0.1, 0.15) is 12.4 Å². The predicted octanol–water partition coefficient (Wildman–Crippen LogP) is 3.55. The van der Waals surface area contributed by atoms with Gasteiger partial charge in [0.2, 0.25) is 5.91 Å². The van der Waals surface area contributed by atoms with Gasteiger partial charge in [-0.2, -0.15) is 18.3 Å². The number of alkyl halides is 3. The Hall–Kier alpha value is -3.95. The highest BCUT2D eigenvalue weighted by Crippen LogP contribution is 2.31. The molecule has 0 saturated heterocycles. The number of halogens is 3. The zero-order valence-electron chi connectivity index (χ0n) is 16.2. The van der Waals surface area contributed by atoms with Crippen LogP contribution < -0.4 is 10.9 Å². The Balaban J connectivity index is 1.64. The quantitative estimate of drug-likeness (QED) is 0.540. The Kier molecular flexibility index (Phi) is 5.05. The summed E-state index contributed by atoms with van der Waals surface area (Å²) < 4.78 is 41.7. The molecule has 158 valence electrons. The van der Waals surface area contributed by atoms with Gasteiger partial charge >= 0.3 is 6.18 Å². The van der Waals surface area contributed by atoms with E-state index in [1.54, 1.807) is 31.2 Å². The molecule has 10 heteroatoms. The molecule has 31 heavy (non-hydrogen) atoms. The maximum Gasteiger partial charge on any atom is 0.416 e. The van der Waals surface area contributed by atoms with Crippen LogP contribution in [-0.4, -0.2) is 25.2 Å². The highest BCUT2D eigenvalue weighted by Gasteiger charge is 2.30. The van der Waals surface area contributed by atoms with Crippen LogP contribution in [0.4, 0.5) is 19.0 Å². The van der Waals surface area contributed by atoms with Gasteiger partial charge in [-0.1, -0.05) is 18.2 Å². The fourth-order valence-corrected chi connectivity index (χ4v) is 3.20. The minimum Gasteiger partial charge on any atom is -0.309 e. The summed E-state index contributed by atoms with van der Waals surface area (Å²) in [7, 11) is 0. The van der Waals surface area contributed by atoms with Crippen molar-refractivity contribution in [3.63, 3.8) is 0 Å². The van der Waals surface area contributed by atoms with Crippen LogP contribution in [0.1, 0.15) is 11.3 Å². The van der Waals surface area contributed by atoms with Gasteiger partial charge in [0.15, 0.2) is 0 Å². The van der Waals surface area contributed by atoms with Gasteiger partial charge in [-0.3, -0.25) is 14.2 Å². The molecule has 0 fully saturated rings. The number of nitrogens with zero attached hydrogens (tertiary/aromatic N) is 4. The van der Waals surface area contributed by atoms with E-state index in [2.05, 4.69) is 15.4 Å². The molecule has 0 saturated carbocycles. The van der Waals surface area contributed by atoms with Crippen molar-refractivity contribution in [2.45, 2.75) is 19.6 Å². The number of amides is 1. The first-order valence-corrected chi connectivity index (χ1v) is 9.21. The number of benzene rings is 2. The van der Waals surface area contributed by atoms with Crippen molar-refractivity contribution in [2.24, 2.45) is 0 Å². The smallest absolute Gasteiger partial charge is 0.309 e. The summed E-state index contributed by atoms with van der Waals surface area (Å²) in [6.45, 7) is 1.36. The van der Waals surface area contributed by atoms with Crippen molar-refractivity contribution < 1.29 is 18.0 Å². The number of anilines is 1. The van der Waals surface area contributed by atoms with Crippen molar-refractivity contribution >= 4 is 22.8 Å². The monoisotopic (exact) mass is 427 g/mol. The van der Waals surface area contributed by atoms with E-state index in [1.807, 2.05) is 0 Å². The third-order valence-corrected chi connectivity index (χ3v) is 4.57. The fraction of sp³-hybridized carbons (Fsp3) is 0.143. The average Bonchev–Trinajstić information content (AvgIpc) is 3.09. The molecule has 0 atom stereocenters. The van der Waals surface area contributed by atoms with Gasteiger partial charge in [-0.15, -0.1) is 0 Å². The highest BCUT2D eigenvalue weighted by molar-refractivity contribution is 5.91. The Bertz CT molecular complexity index is 1340. The Morgan fingerprint density at radius 3 is 2.65 bits per heavy atom. The molecule has 2 aromatic heterocycles. The molecule has 4 aromatic rings. The summed E-state index contributed by atoms with van der Waals surface area (Å²) in [5.41, 5.74) is 0.415. The van der Waals surface area contributed by atoms with E-state index in [0.717, 1.165) is 18.3 Å². The number of rotatable bonds is 4. The number of hydrogen-bond donors (Lipinski definition) is 1. The van der Waals surface area contributed by atoms with Crippen molar-refractivity contribution in [2.75, 3.05) is 5.32 Å². The number of para-hydroxylation sites is 2. The molecule has 1 amide bonds. The van der Waals surface area contributed by atoms with Gasteiger partial charge in [0, 0.05) is 6.07 Å². The lowest BCUT2D eigenvalue weighted by molar-refractivity contribution is -0.137. The van der Waals surface area contributed by atoms with Gasteiger partial charge in [-0.25, -0.2) is 9.67 Å². The van der Waals surface area contributed by atoms with Crippen LogP contribution in [0.3, 0.4) is 0 Å². The molecule has 0 radical (unpaired) electrons. The Morgan fingerprint density at radius 1 is 1.10 bits per heavy atom. The molecule has 0 aliphatic heterocycles. The SMILES string of the molecule is Cc1cc(NC(=O)Cn2c(=O)cnc3ccccc32)n(-c2cccc(C(F)(F)F)c2)n1. The van der Waals surface area contributed by atoms with Crippen LogP contribution >= 0.6 is 0 Å². The minimum absolute atomic E-state index is 0.143. The number of fused-ring (bicyclic) bond motifs is 1. The lowest BCUT2D eigenvalue weighted by Gasteiger charge is -2.13. The number of nitrogens with one attached hydrogen (secondary N) is 1. The van der Waals surface area contributed by atoms with E-state index in [4.69, 9.17) is 0 Å². The summed E-state index contributed by atoms with van der Waals surface area (Å²) in [5.74, 6) is -0.347. The van der Waals surface area contributed by atoms with Crippen molar-refractivity contribution in [3.05, 3.63) is 82.4 Å². The molecule has 0 spiro atoms. The van der Waals surface area contributed by atoms with E-state index in [0.29, 0.717) is 16.7 Å². The average molecular weight is 427 g/mol. The zero-order valence-corrected chi connectivity index (χ0v) is 16.2. The van der Waals surface area contributed by atoms with Crippen molar-refractivity contribution in [3.8, 4) is 5.69 Å². The zero-order chi connectivity index (χ0) is 22.2. The maximum absolute atomic E-state index is 13.1. The van der Waals surface area contributed by atoms with Crippen molar-refractivity contribution in [1.29, 1.82) is 0 Å². The third kappa shape index (κ3) is 4.18. The standard InChI is InChI=1S/C21H16F3N5O2/c1-13-9-18(29(27-13)15-6-4-5-14(10-15)21(22,23)24)26-19(30)12-28-17-8-3-2-7-16(17)25-11-20(28)31/h2-11H,12H2,1H3,(H,26,30). The largest absolute Gasteiger partial charge is 0.416 e. The Labute approximate surface area is 173 Å². The molecule has 2 aromatic carbocycles. The van der Waals surface area contributed by atoms with E-state index in [1.165, 1.54) is 27.4 Å². The lowest BCUT2D eigenvalue weighted by Crippen LogP contribution is -2.28. The highest BCUT2D eigenvalue weighted by atomic mass is 19.4. The number of aryl methyl sites for hydroxylation is 1. The van der Waals surface area contributed by atoms with Gasteiger partial charge in [-0.05, 0) is 37.3 Å². The molecule has 0 bridgehead atoms. The number of carbonyl (C=O) groups excluding carboxylic acids is 1. The molecule has 1 N–H and O–H groups in total. The molecule has 0 aliphatic rings. The molecule has 4 rings (SSSR count). The summed E-state index contributed by atoms with van der Waals surface area (Å²) in [6.07, 6.45) is -3.38. The van der Waals surface area contributed by atoms with E-state index >= 15 is 0 Å². The second-order valence-electron chi connectivity index (χ2n) is 6.85. The number of aromatic nitrogens is 4. The topological polar surface area (TPSA) is 81.8 Å². The molecule has 7 nitrogen and oxygen atoms in total. The van der Waals surface area contributed by atoms with E-state index in [-0.39, 0.29) is 18.1 Å². The summed E-state index contributed by atoms with van der Waals surface area (Å²) >= 11 is 0. The van der Waals surface area contributed by atoms with Gasteiger partial charge in [0.25, 0.3) is 5.56 Å². The summed E-state index contributed by atoms with van der Waals surface area (Å²) in [5, 5.41) is 6.82. The van der Waals surface area contributed by atoms with Crippen molar-refractivity contribution in [1.82, 2.24) is 19.3 Å². The fourth-order valence-electron chi connectivity index (χ4n) is 3.20. The molecular formula is C21H16F3N5O2. The van der Waals surface area contributed by atoms with Gasteiger partial charge in [0.05, 0.1) is 34.2 Å². The van der Waals surface area contributed by atoms with Crippen LogP contribution in [0.25, 0.3) is 16.7 Å². The number of hydrogen-bond acceptors (Lipinski definition) is 4. The first kappa shape index (κ1) is 20.3. The normalized spacial score (nSPS) is 11.6. The first-order valence-electron chi connectivity index (χ1n) is 9.21. The predicted molar refractivity (Wildman–Crippen MR) is 108 cm³/mol. The molecule has 2 heterocycles. The third-order valence-electron chi connectivity index (χ3n) is 4.57. The molecule has 0 unspecified atom stereocenters. The van der Waals surface area contributed by atoms with Crippen LogP contribution in [0.15, 0.2) is 65.6 Å². The maximum atomic E-state index is 13.1. The number of carbonyl (C=O) groups is 1. The van der Waals surface area contributed by atoms with E-state index < -0.39 is 23.2 Å². The second-order valence-corrected chi connectivity index (χ2v) is 6.85. The van der Waals surface area contributed by atoms with Gasteiger partial charge < -0.3 is 5.32 Å². The van der Waals surface area contributed by atoms with Crippen LogP contribution in [0.5, 0.6) is 0 Å². The lowest BCUT2D eigenvalue weighted by atomic mass is 10.2. The molecule has 0 aliphatic carbocycles. The molecular weight excluding hydrogens is 411 g/mol. The summed E-state index contributed by atoms with van der Waals surface area (Å²) in [6, 6.07) is 13.0. The van der Waals surface area contributed by atoms with Crippen LogP contribution in [0.2, 0.25) is 0 Å². The van der Waals surface area contributed by atoms with Crippen LogP contribution in [0, 0.1) is 6.92 Å². The Morgan fingerprint density at radius 2 is 1.87 bits per heavy atom. The first-order chi connectivity index (χ1) is 14.7. The van der Waals surface area contributed by atoms with E-state index in [9.17, 15) is 22.8 Å². The van der Waals surface area contributed by atoms with Crippen LogP contribution in [-0.2, 0) is 17.5 Å².